The van der Waals surface area contributed by atoms with Crippen molar-refractivity contribution in [2.24, 2.45) is 34.4 Å². The lowest BCUT2D eigenvalue weighted by Crippen LogP contribution is -2.58. The molecule has 0 heterocycles. The monoisotopic (exact) mass is 714 g/mol. The standard InChI is InChI=1S/C30H62N14O6/c31-14-4-1-9-19(34)24(45)41-21(12-7-17-39-29(35)36)26(47)42-20(10-2-5-15-32)25(46)43-22(13-8-18-40-30(37)38)27(48)44-23(28(49)50)11-3-6-16-33/h19-23H,1-18,31-34H2,(H,41,45)(H,42,47)(H,43,46)(H,44,48)(H,49,50)(H4,35,36,39)(H4,37,38,40)/t19-,20-,21-,22-,23-/m0/s1. The van der Waals surface area contributed by atoms with Crippen molar-refractivity contribution in [3.63, 3.8) is 0 Å². The number of guanidine groups is 2. The summed E-state index contributed by atoms with van der Waals surface area (Å²) in [7, 11) is 0. The first kappa shape index (κ1) is 45.7. The fraction of sp³-hybridized carbons (Fsp3) is 0.767. The third-order valence-corrected chi connectivity index (χ3v) is 7.68. The maximum absolute atomic E-state index is 13.7. The summed E-state index contributed by atoms with van der Waals surface area (Å²) < 4.78 is 0. The number of carbonyl (C=O) groups is 5. The molecule has 5 atom stereocenters. The van der Waals surface area contributed by atoms with Crippen LogP contribution in [0.25, 0.3) is 0 Å². The minimum absolute atomic E-state index is 0.0559. The lowest BCUT2D eigenvalue weighted by atomic mass is 10.0. The molecule has 0 spiro atoms. The highest BCUT2D eigenvalue weighted by molar-refractivity contribution is 5.95. The fourth-order valence-corrected chi connectivity index (χ4v) is 4.84. The number of nitrogens with two attached hydrogens (primary N) is 6. The number of amides is 4. The lowest BCUT2D eigenvalue weighted by Gasteiger charge is -2.27. The number of carboxylic acid groups (broad SMARTS) is 1. The van der Waals surface area contributed by atoms with E-state index in [1.165, 1.54) is 0 Å². The van der Waals surface area contributed by atoms with Gasteiger partial charge >= 0.3 is 5.97 Å². The molecule has 0 saturated heterocycles. The van der Waals surface area contributed by atoms with Crippen LogP contribution in [0.5, 0.6) is 0 Å². The molecule has 0 radical (unpaired) electrons. The average Bonchev–Trinajstić information content (AvgIpc) is 3.05. The van der Waals surface area contributed by atoms with Crippen molar-refractivity contribution in [3.05, 3.63) is 0 Å². The second-order valence-corrected chi connectivity index (χ2v) is 12.0. The van der Waals surface area contributed by atoms with Crippen molar-refractivity contribution in [1.29, 1.82) is 10.8 Å². The van der Waals surface area contributed by atoms with Crippen LogP contribution < -0.4 is 66.3 Å². The largest absolute Gasteiger partial charge is 0.480 e. The molecule has 21 N–H and O–H groups in total. The van der Waals surface area contributed by atoms with E-state index in [2.05, 4.69) is 31.9 Å². The third kappa shape index (κ3) is 21.6. The summed E-state index contributed by atoms with van der Waals surface area (Å²) in [5.74, 6) is -4.43. The van der Waals surface area contributed by atoms with Gasteiger partial charge in [0.15, 0.2) is 11.9 Å². The number of carbonyl (C=O) groups excluding carboxylic acids is 4. The zero-order chi connectivity index (χ0) is 37.9. The summed E-state index contributed by atoms with van der Waals surface area (Å²) >= 11 is 0. The van der Waals surface area contributed by atoms with E-state index in [-0.39, 0.29) is 57.1 Å². The van der Waals surface area contributed by atoms with Crippen LogP contribution in [0.2, 0.25) is 0 Å². The molecule has 20 heteroatoms. The molecular weight excluding hydrogens is 652 g/mol. The zero-order valence-corrected chi connectivity index (χ0v) is 29.1. The number of unbranched alkanes of at least 4 members (excludes halogenated alkanes) is 3. The van der Waals surface area contributed by atoms with Gasteiger partial charge < -0.3 is 71.4 Å². The molecule has 288 valence electrons. The molecule has 4 amide bonds. The molecule has 0 aliphatic rings. The first-order valence-corrected chi connectivity index (χ1v) is 17.2. The lowest BCUT2D eigenvalue weighted by molar-refractivity contribution is -0.142. The Morgan fingerprint density at radius 2 is 0.820 bits per heavy atom. The van der Waals surface area contributed by atoms with Crippen LogP contribution in [-0.4, -0.2) is 110 Å². The summed E-state index contributed by atoms with van der Waals surface area (Å²) in [6.07, 6.45) is 4.74. The van der Waals surface area contributed by atoms with Gasteiger partial charge in [0.05, 0.1) is 6.04 Å². The van der Waals surface area contributed by atoms with Gasteiger partial charge in [-0.2, -0.15) is 0 Å². The first-order chi connectivity index (χ1) is 23.8. The van der Waals surface area contributed by atoms with Crippen LogP contribution >= 0.6 is 0 Å². The Balaban J connectivity index is 6.06. The number of nitrogens with one attached hydrogen (secondary N) is 8. The molecular formula is C30H62N14O6. The van der Waals surface area contributed by atoms with Gasteiger partial charge in [0.2, 0.25) is 23.6 Å². The molecule has 20 nitrogen and oxygen atoms in total. The van der Waals surface area contributed by atoms with Gasteiger partial charge in [0.1, 0.15) is 24.2 Å². The van der Waals surface area contributed by atoms with E-state index in [1.807, 2.05) is 0 Å². The molecule has 0 aliphatic carbocycles. The van der Waals surface area contributed by atoms with E-state index < -0.39 is 59.8 Å². The van der Waals surface area contributed by atoms with Gasteiger partial charge in [0, 0.05) is 13.1 Å². The summed E-state index contributed by atoms with van der Waals surface area (Å²) in [6.45, 7) is 1.60. The minimum atomic E-state index is -1.24. The Hall–Kier alpha value is -4.27. The van der Waals surface area contributed by atoms with Gasteiger partial charge in [-0.05, 0) is 96.7 Å². The normalized spacial score (nSPS) is 13.8. The maximum atomic E-state index is 13.7. The number of hydrogen-bond donors (Lipinski definition) is 15. The van der Waals surface area contributed by atoms with E-state index in [0.29, 0.717) is 71.0 Å². The van der Waals surface area contributed by atoms with Gasteiger partial charge in [-0.15, -0.1) is 0 Å². The Morgan fingerprint density at radius 1 is 0.500 bits per heavy atom. The Labute approximate surface area is 294 Å². The molecule has 0 saturated carbocycles. The Bertz CT molecular complexity index is 1070. The van der Waals surface area contributed by atoms with Crippen molar-refractivity contribution < 1.29 is 29.1 Å². The first-order valence-electron chi connectivity index (χ1n) is 17.2. The molecule has 0 rings (SSSR count). The van der Waals surface area contributed by atoms with E-state index in [1.54, 1.807) is 0 Å². The number of rotatable bonds is 29. The molecule has 0 bridgehead atoms. The van der Waals surface area contributed by atoms with Gasteiger partial charge in [0.25, 0.3) is 0 Å². The topological polar surface area (TPSA) is 382 Å². The summed E-state index contributed by atoms with van der Waals surface area (Å²) in [4.78, 5) is 65.4. The Morgan fingerprint density at radius 3 is 1.18 bits per heavy atom. The Kier molecular flexibility index (Phi) is 25.2. The summed E-state index contributed by atoms with van der Waals surface area (Å²) in [5.41, 5.74) is 33.4. The highest BCUT2D eigenvalue weighted by Crippen LogP contribution is 2.08. The SMILES string of the molecule is N=C(N)NCCC[C@H](NC(=O)[C@H](CCCCN)NC(=O)[C@H](CCCNC(=N)N)NC(=O)[C@@H](N)CCCCN)C(=O)N[C@@H](CCCCN)C(=O)O. The fourth-order valence-electron chi connectivity index (χ4n) is 4.84. The highest BCUT2D eigenvalue weighted by atomic mass is 16.4. The summed E-state index contributed by atoms with van der Waals surface area (Å²) in [5, 5.41) is 40.1. The number of hydrogen-bond acceptors (Lipinski definition) is 11. The van der Waals surface area contributed by atoms with Crippen LogP contribution in [0, 0.1) is 10.8 Å². The van der Waals surface area contributed by atoms with Crippen molar-refractivity contribution in [2.75, 3.05) is 32.7 Å². The summed E-state index contributed by atoms with van der Waals surface area (Å²) in [6, 6.07) is -5.54. The van der Waals surface area contributed by atoms with Gasteiger partial charge in [-0.1, -0.05) is 6.42 Å². The molecule has 0 aromatic carbocycles. The third-order valence-electron chi connectivity index (χ3n) is 7.68. The average molecular weight is 715 g/mol. The van der Waals surface area contributed by atoms with E-state index in [0.717, 1.165) is 0 Å². The minimum Gasteiger partial charge on any atom is -0.480 e. The van der Waals surface area contributed by atoms with Gasteiger partial charge in [-0.3, -0.25) is 30.0 Å². The molecule has 50 heavy (non-hydrogen) atoms. The molecule has 0 aromatic heterocycles. The van der Waals surface area contributed by atoms with Crippen molar-refractivity contribution in [3.8, 4) is 0 Å². The van der Waals surface area contributed by atoms with E-state index in [4.69, 9.17) is 45.2 Å². The van der Waals surface area contributed by atoms with Crippen molar-refractivity contribution >= 4 is 41.5 Å². The molecule has 0 aliphatic heterocycles. The highest BCUT2D eigenvalue weighted by Gasteiger charge is 2.31. The van der Waals surface area contributed by atoms with Crippen LogP contribution in [-0.2, 0) is 24.0 Å². The van der Waals surface area contributed by atoms with Crippen molar-refractivity contribution in [1.82, 2.24) is 31.9 Å². The van der Waals surface area contributed by atoms with Gasteiger partial charge in [-0.25, -0.2) is 4.79 Å². The number of aliphatic carboxylic acids is 1. The zero-order valence-electron chi connectivity index (χ0n) is 29.1. The van der Waals surface area contributed by atoms with E-state index >= 15 is 0 Å². The second kappa shape index (κ2) is 27.5. The predicted molar refractivity (Wildman–Crippen MR) is 190 cm³/mol. The van der Waals surface area contributed by atoms with Crippen molar-refractivity contribution in [2.45, 2.75) is 114 Å². The molecule has 0 aromatic rings. The number of carboxylic acids is 1. The molecule has 0 unspecified atom stereocenters. The quantitative estimate of drug-likeness (QED) is 0.0201. The van der Waals surface area contributed by atoms with Crippen LogP contribution in [0.15, 0.2) is 0 Å². The molecule has 0 fully saturated rings. The second-order valence-electron chi connectivity index (χ2n) is 12.0. The maximum Gasteiger partial charge on any atom is 0.326 e. The van der Waals surface area contributed by atoms with Crippen LogP contribution in [0.4, 0.5) is 0 Å². The van der Waals surface area contributed by atoms with E-state index in [9.17, 15) is 29.1 Å². The predicted octanol–water partition coefficient (Wildman–Crippen LogP) is -3.75. The van der Waals surface area contributed by atoms with Crippen LogP contribution in [0.3, 0.4) is 0 Å². The van der Waals surface area contributed by atoms with Crippen LogP contribution in [0.1, 0.15) is 83.5 Å². The smallest absolute Gasteiger partial charge is 0.326 e.